The highest BCUT2D eigenvalue weighted by molar-refractivity contribution is 6.32. The maximum atomic E-state index is 14.3. The Labute approximate surface area is 159 Å². The van der Waals surface area contributed by atoms with Crippen LogP contribution in [-0.4, -0.2) is 21.8 Å². The van der Waals surface area contributed by atoms with Gasteiger partial charge in [-0.1, -0.05) is 17.5 Å². The molecule has 0 radical (unpaired) electrons. The minimum atomic E-state index is -4.98. The SMILES string of the molecule is C#CCNC(=O)Oc1cc(-n2c(=O)cc(C(F)(F)F)n(C)c2=O)c(F)cc1Cl. The molecule has 0 bridgehead atoms. The minimum Gasteiger partial charge on any atom is -0.409 e. The second kappa shape index (κ2) is 7.77. The van der Waals surface area contributed by atoms with E-state index < -0.39 is 51.5 Å². The fourth-order valence-electron chi connectivity index (χ4n) is 2.15. The predicted molar refractivity (Wildman–Crippen MR) is 90.1 cm³/mol. The number of rotatable bonds is 3. The van der Waals surface area contributed by atoms with E-state index in [2.05, 4.69) is 11.2 Å². The molecule has 0 fully saturated rings. The second-order valence-electron chi connectivity index (χ2n) is 5.22. The number of terminal acetylenes is 1. The number of hydrogen-bond donors (Lipinski definition) is 1. The van der Waals surface area contributed by atoms with Crippen molar-refractivity contribution in [1.29, 1.82) is 0 Å². The van der Waals surface area contributed by atoms with Gasteiger partial charge >= 0.3 is 18.0 Å². The number of nitrogens with one attached hydrogen (secondary N) is 1. The summed E-state index contributed by atoms with van der Waals surface area (Å²) in [7, 11) is 0.763. The Morgan fingerprint density at radius 3 is 2.54 bits per heavy atom. The van der Waals surface area contributed by atoms with Crippen LogP contribution in [0.2, 0.25) is 5.02 Å². The Bertz CT molecular complexity index is 1100. The number of nitrogens with zero attached hydrogens (tertiary/aromatic N) is 2. The van der Waals surface area contributed by atoms with E-state index in [-0.39, 0.29) is 21.7 Å². The lowest BCUT2D eigenvalue weighted by Crippen LogP contribution is -2.41. The van der Waals surface area contributed by atoms with Crippen LogP contribution < -0.4 is 21.3 Å². The molecule has 0 spiro atoms. The van der Waals surface area contributed by atoms with Gasteiger partial charge in [-0.25, -0.2) is 18.5 Å². The van der Waals surface area contributed by atoms with Crippen molar-refractivity contribution in [2.24, 2.45) is 7.05 Å². The summed E-state index contributed by atoms with van der Waals surface area (Å²) >= 11 is 5.76. The molecule has 12 heteroatoms. The average molecular weight is 420 g/mol. The van der Waals surface area contributed by atoms with Gasteiger partial charge < -0.3 is 10.1 Å². The van der Waals surface area contributed by atoms with Crippen LogP contribution >= 0.6 is 11.6 Å². The topological polar surface area (TPSA) is 82.3 Å². The fourth-order valence-corrected chi connectivity index (χ4v) is 2.34. The number of carbonyl (C=O) groups is 1. The maximum Gasteiger partial charge on any atom is 0.431 e. The molecule has 0 saturated heterocycles. The number of amides is 1. The first-order chi connectivity index (χ1) is 13.0. The molecule has 7 nitrogen and oxygen atoms in total. The maximum absolute atomic E-state index is 14.3. The van der Waals surface area contributed by atoms with Crippen LogP contribution in [0.1, 0.15) is 5.69 Å². The van der Waals surface area contributed by atoms with E-state index in [4.69, 9.17) is 22.8 Å². The van der Waals surface area contributed by atoms with E-state index in [9.17, 15) is 31.9 Å². The van der Waals surface area contributed by atoms with Crippen LogP contribution in [0.4, 0.5) is 22.4 Å². The van der Waals surface area contributed by atoms with Gasteiger partial charge in [-0.2, -0.15) is 13.2 Å². The van der Waals surface area contributed by atoms with Gasteiger partial charge in [0.25, 0.3) is 5.56 Å². The van der Waals surface area contributed by atoms with Crippen LogP contribution in [0, 0.1) is 18.2 Å². The quantitative estimate of drug-likeness (QED) is 0.610. The lowest BCUT2D eigenvalue weighted by Gasteiger charge is -2.15. The normalized spacial score (nSPS) is 11.0. The van der Waals surface area contributed by atoms with Crippen molar-refractivity contribution in [2.45, 2.75) is 6.18 Å². The van der Waals surface area contributed by atoms with Gasteiger partial charge in [0.2, 0.25) is 0 Å². The Balaban J connectivity index is 2.63. The van der Waals surface area contributed by atoms with E-state index >= 15 is 0 Å². The summed E-state index contributed by atoms with van der Waals surface area (Å²) in [6, 6.07) is 1.49. The summed E-state index contributed by atoms with van der Waals surface area (Å²) in [6.07, 6.45) is -1.08. The second-order valence-corrected chi connectivity index (χ2v) is 5.63. The first kappa shape index (κ1) is 21.0. The standard InChI is InChI=1S/C16H10ClF4N3O4/c1-3-4-22-14(26)28-11-6-10(9(18)5-8(11)17)24-13(25)7-12(16(19,20)21)23(2)15(24)27/h1,5-7H,4H2,2H3,(H,22,26). The summed E-state index contributed by atoms with van der Waals surface area (Å²) in [4.78, 5) is 35.9. The van der Waals surface area contributed by atoms with Crippen molar-refractivity contribution in [3.8, 4) is 23.8 Å². The number of hydrogen-bond acceptors (Lipinski definition) is 4. The van der Waals surface area contributed by atoms with Gasteiger partial charge in [-0.15, -0.1) is 6.42 Å². The first-order valence-electron chi connectivity index (χ1n) is 7.26. The van der Waals surface area contributed by atoms with Crippen LogP contribution in [-0.2, 0) is 13.2 Å². The third kappa shape index (κ3) is 4.17. The van der Waals surface area contributed by atoms with Crippen molar-refractivity contribution in [3.05, 3.63) is 55.6 Å². The van der Waals surface area contributed by atoms with Gasteiger partial charge in [0, 0.05) is 19.2 Å². The molecule has 28 heavy (non-hydrogen) atoms. The Hall–Kier alpha value is -3.26. The van der Waals surface area contributed by atoms with Crippen molar-refractivity contribution in [2.75, 3.05) is 6.54 Å². The van der Waals surface area contributed by atoms with Gasteiger partial charge in [0.1, 0.15) is 11.5 Å². The van der Waals surface area contributed by atoms with Gasteiger partial charge in [0.15, 0.2) is 5.75 Å². The Morgan fingerprint density at radius 2 is 1.96 bits per heavy atom. The third-order valence-corrected chi connectivity index (χ3v) is 3.69. The fraction of sp³-hybridized carbons (Fsp3) is 0.188. The highest BCUT2D eigenvalue weighted by Gasteiger charge is 2.35. The molecule has 0 aliphatic heterocycles. The average Bonchev–Trinajstić information content (AvgIpc) is 2.59. The minimum absolute atomic E-state index is 0.135. The van der Waals surface area contributed by atoms with Crippen molar-refractivity contribution >= 4 is 17.7 Å². The number of alkyl halides is 3. The van der Waals surface area contributed by atoms with Crippen LogP contribution in [0.5, 0.6) is 5.75 Å². The number of benzene rings is 1. The van der Waals surface area contributed by atoms with Crippen molar-refractivity contribution in [1.82, 2.24) is 14.5 Å². The summed E-state index contributed by atoms with van der Waals surface area (Å²) in [6.45, 7) is -0.191. The predicted octanol–water partition coefficient (Wildman–Crippen LogP) is 2.07. The molecular formula is C16H10ClF4N3O4. The molecule has 0 aliphatic rings. The molecule has 0 aliphatic carbocycles. The largest absolute Gasteiger partial charge is 0.431 e. The van der Waals surface area contributed by atoms with Gasteiger partial charge in [0.05, 0.1) is 17.3 Å². The zero-order valence-electron chi connectivity index (χ0n) is 13.9. The Morgan fingerprint density at radius 1 is 1.32 bits per heavy atom. The lowest BCUT2D eigenvalue weighted by molar-refractivity contribution is -0.144. The summed E-state index contributed by atoms with van der Waals surface area (Å²) in [5.41, 5.74) is -5.19. The van der Waals surface area contributed by atoms with E-state index in [1.807, 2.05) is 0 Å². The van der Waals surface area contributed by atoms with Crippen molar-refractivity contribution < 1.29 is 27.1 Å². The van der Waals surface area contributed by atoms with Crippen LogP contribution in [0.15, 0.2) is 27.8 Å². The number of ether oxygens (including phenoxy) is 1. The van der Waals surface area contributed by atoms with E-state index in [0.717, 1.165) is 13.1 Å². The Kier molecular flexibility index (Phi) is 5.84. The van der Waals surface area contributed by atoms with E-state index in [1.54, 1.807) is 0 Å². The molecule has 1 N–H and O–H groups in total. The summed E-state index contributed by atoms with van der Waals surface area (Å²) < 4.78 is 58.1. The lowest BCUT2D eigenvalue weighted by atomic mass is 10.2. The van der Waals surface area contributed by atoms with Gasteiger partial charge in [-0.3, -0.25) is 9.36 Å². The monoisotopic (exact) mass is 419 g/mol. The molecule has 1 aromatic heterocycles. The molecule has 2 aromatic rings. The van der Waals surface area contributed by atoms with Crippen LogP contribution in [0.3, 0.4) is 0 Å². The zero-order valence-corrected chi connectivity index (χ0v) is 14.7. The number of halogens is 5. The molecule has 0 unspecified atom stereocenters. The summed E-state index contributed by atoms with van der Waals surface area (Å²) in [5.74, 6) is 0.433. The van der Waals surface area contributed by atoms with Crippen molar-refractivity contribution in [3.63, 3.8) is 0 Å². The molecular weight excluding hydrogens is 410 g/mol. The van der Waals surface area contributed by atoms with Crippen LogP contribution in [0.25, 0.3) is 5.69 Å². The number of carbonyl (C=O) groups excluding carboxylic acids is 1. The number of aromatic nitrogens is 2. The first-order valence-corrected chi connectivity index (χ1v) is 7.64. The summed E-state index contributed by atoms with van der Waals surface area (Å²) in [5, 5.41) is 1.73. The molecule has 1 amide bonds. The highest BCUT2D eigenvalue weighted by Crippen LogP contribution is 2.30. The third-order valence-electron chi connectivity index (χ3n) is 3.39. The molecule has 1 aromatic carbocycles. The highest BCUT2D eigenvalue weighted by atomic mass is 35.5. The smallest absolute Gasteiger partial charge is 0.409 e. The van der Waals surface area contributed by atoms with E-state index in [0.29, 0.717) is 6.07 Å². The van der Waals surface area contributed by atoms with Gasteiger partial charge in [-0.05, 0) is 6.07 Å². The molecule has 0 saturated carbocycles. The zero-order chi connectivity index (χ0) is 21.2. The van der Waals surface area contributed by atoms with E-state index in [1.165, 1.54) is 0 Å². The molecule has 148 valence electrons. The molecule has 0 atom stereocenters. The molecule has 2 rings (SSSR count). The molecule has 1 heterocycles.